The Hall–Kier alpha value is -1.32. The fourth-order valence-corrected chi connectivity index (χ4v) is 1.27. The van der Waals surface area contributed by atoms with Crippen molar-refractivity contribution < 1.29 is 14.4 Å². The highest BCUT2D eigenvalue weighted by atomic mass is 16.5. The van der Waals surface area contributed by atoms with Gasteiger partial charge in [0, 0.05) is 6.07 Å². The second-order valence-corrected chi connectivity index (χ2v) is 3.43. The molecule has 1 aromatic heterocycles. The summed E-state index contributed by atoms with van der Waals surface area (Å²) >= 11 is 0. The Labute approximate surface area is 76.5 Å². The van der Waals surface area contributed by atoms with Crippen molar-refractivity contribution >= 4 is 5.97 Å². The van der Waals surface area contributed by atoms with Gasteiger partial charge in [-0.1, -0.05) is 19.0 Å². The number of nitrogens with zero attached hydrogens (tertiary/aromatic N) is 1. The van der Waals surface area contributed by atoms with Crippen molar-refractivity contribution in [1.82, 2.24) is 5.16 Å². The van der Waals surface area contributed by atoms with Gasteiger partial charge in [0.1, 0.15) is 5.92 Å². The minimum Gasteiger partial charge on any atom is -0.481 e. The molecule has 0 saturated heterocycles. The monoisotopic (exact) mass is 183 g/mol. The second kappa shape index (κ2) is 3.60. The molecule has 0 aliphatic rings. The van der Waals surface area contributed by atoms with Crippen LogP contribution in [0.5, 0.6) is 0 Å². The summed E-state index contributed by atoms with van der Waals surface area (Å²) in [6, 6.07) is 1.67. The summed E-state index contributed by atoms with van der Waals surface area (Å²) in [6.07, 6.45) is 0. The van der Waals surface area contributed by atoms with Gasteiger partial charge in [-0.2, -0.15) is 0 Å². The highest BCUT2D eigenvalue weighted by Gasteiger charge is 2.27. The van der Waals surface area contributed by atoms with Crippen LogP contribution < -0.4 is 0 Å². The molecule has 13 heavy (non-hydrogen) atoms. The molecule has 0 aliphatic heterocycles. The number of carboxylic acids is 1. The van der Waals surface area contributed by atoms with Gasteiger partial charge < -0.3 is 9.63 Å². The first-order valence-electron chi connectivity index (χ1n) is 4.18. The number of aromatic nitrogens is 1. The molecular weight excluding hydrogens is 170 g/mol. The van der Waals surface area contributed by atoms with Crippen LogP contribution in [0.1, 0.15) is 31.2 Å². The Balaban J connectivity index is 2.95. The zero-order valence-corrected chi connectivity index (χ0v) is 7.94. The molecule has 0 aliphatic carbocycles. The summed E-state index contributed by atoms with van der Waals surface area (Å²) in [5.41, 5.74) is 0.710. The first-order valence-corrected chi connectivity index (χ1v) is 4.18. The Morgan fingerprint density at radius 3 is 2.54 bits per heavy atom. The quantitative estimate of drug-likeness (QED) is 0.776. The van der Waals surface area contributed by atoms with E-state index in [0.29, 0.717) is 11.5 Å². The van der Waals surface area contributed by atoms with Crippen LogP contribution >= 0.6 is 0 Å². The fourth-order valence-electron chi connectivity index (χ4n) is 1.27. The number of carbonyl (C=O) groups is 1. The molecule has 0 spiro atoms. The third-order valence-electron chi connectivity index (χ3n) is 1.89. The molecule has 72 valence electrons. The van der Waals surface area contributed by atoms with E-state index in [4.69, 9.17) is 9.63 Å². The van der Waals surface area contributed by atoms with Gasteiger partial charge in [0.2, 0.25) is 0 Å². The predicted molar refractivity (Wildman–Crippen MR) is 46.5 cm³/mol. The van der Waals surface area contributed by atoms with Crippen LogP contribution in [0.15, 0.2) is 10.6 Å². The minimum absolute atomic E-state index is 0.00449. The molecule has 4 nitrogen and oxygen atoms in total. The zero-order valence-electron chi connectivity index (χ0n) is 7.94. The second-order valence-electron chi connectivity index (χ2n) is 3.43. The first kappa shape index (κ1) is 9.77. The third kappa shape index (κ3) is 2.08. The van der Waals surface area contributed by atoms with Crippen LogP contribution in [0, 0.1) is 12.8 Å². The molecule has 0 aromatic carbocycles. The molecule has 4 heteroatoms. The molecule has 0 saturated carbocycles. The van der Waals surface area contributed by atoms with Crippen molar-refractivity contribution in [1.29, 1.82) is 0 Å². The van der Waals surface area contributed by atoms with E-state index >= 15 is 0 Å². The van der Waals surface area contributed by atoms with Gasteiger partial charge in [-0.3, -0.25) is 4.79 Å². The number of rotatable bonds is 3. The van der Waals surface area contributed by atoms with Gasteiger partial charge in [-0.25, -0.2) is 0 Å². The minimum atomic E-state index is -0.869. The van der Waals surface area contributed by atoms with Gasteiger partial charge in [0.05, 0.1) is 5.69 Å². The summed E-state index contributed by atoms with van der Waals surface area (Å²) in [5, 5.41) is 12.6. The molecule has 0 bridgehead atoms. The van der Waals surface area contributed by atoms with E-state index in [9.17, 15) is 4.79 Å². The average molecular weight is 183 g/mol. The largest absolute Gasteiger partial charge is 0.481 e. The standard InChI is InChI=1S/C9H13NO3/c1-5(2)8(9(11)12)7-4-6(3)10-13-7/h4-5,8H,1-3H3,(H,11,12). The van der Waals surface area contributed by atoms with Crippen LogP contribution in [0.3, 0.4) is 0 Å². The van der Waals surface area contributed by atoms with E-state index in [1.807, 2.05) is 13.8 Å². The van der Waals surface area contributed by atoms with Crippen molar-refractivity contribution in [2.24, 2.45) is 5.92 Å². The van der Waals surface area contributed by atoms with Crippen LogP contribution in [0.25, 0.3) is 0 Å². The normalized spacial score (nSPS) is 13.2. The van der Waals surface area contributed by atoms with Gasteiger partial charge >= 0.3 is 5.97 Å². The van der Waals surface area contributed by atoms with Crippen molar-refractivity contribution in [3.05, 3.63) is 17.5 Å². The van der Waals surface area contributed by atoms with Crippen LogP contribution in [-0.2, 0) is 4.79 Å². The van der Waals surface area contributed by atoms with E-state index < -0.39 is 11.9 Å². The molecule has 1 aromatic rings. The van der Waals surface area contributed by atoms with E-state index in [1.165, 1.54) is 0 Å². The number of hydrogen-bond acceptors (Lipinski definition) is 3. The van der Waals surface area contributed by atoms with Crippen molar-refractivity contribution in [3.63, 3.8) is 0 Å². The Bertz CT molecular complexity index is 304. The lowest BCUT2D eigenvalue weighted by molar-refractivity contribution is -0.140. The average Bonchev–Trinajstić information content (AvgIpc) is 2.34. The number of hydrogen-bond donors (Lipinski definition) is 1. The highest BCUT2D eigenvalue weighted by Crippen LogP contribution is 2.24. The van der Waals surface area contributed by atoms with E-state index in [2.05, 4.69) is 5.16 Å². The van der Waals surface area contributed by atoms with Crippen molar-refractivity contribution in [3.8, 4) is 0 Å². The predicted octanol–water partition coefficient (Wildman–Crippen LogP) is 1.81. The Morgan fingerprint density at radius 1 is 1.62 bits per heavy atom. The molecule has 0 amide bonds. The lowest BCUT2D eigenvalue weighted by atomic mass is 9.93. The summed E-state index contributed by atoms with van der Waals surface area (Å²) in [5.74, 6) is -1.03. The maximum Gasteiger partial charge on any atom is 0.314 e. The van der Waals surface area contributed by atoms with Crippen molar-refractivity contribution in [2.45, 2.75) is 26.7 Å². The Morgan fingerprint density at radius 2 is 2.23 bits per heavy atom. The number of aryl methyl sites for hydroxylation is 1. The summed E-state index contributed by atoms with van der Waals surface area (Å²) in [6.45, 7) is 5.46. The lowest BCUT2D eigenvalue weighted by Crippen LogP contribution is -2.16. The third-order valence-corrected chi connectivity index (χ3v) is 1.89. The van der Waals surface area contributed by atoms with E-state index in [-0.39, 0.29) is 5.92 Å². The molecule has 1 rings (SSSR count). The van der Waals surface area contributed by atoms with Gasteiger partial charge in [-0.15, -0.1) is 0 Å². The number of aliphatic carboxylic acids is 1. The van der Waals surface area contributed by atoms with E-state index in [0.717, 1.165) is 0 Å². The van der Waals surface area contributed by atoms with Crippen LogP contribution in [-0.4, -0.2) is 16.2 Å². The highest BCUT2D eigenvalue weighted by molar-refractivity contribution is 5.75. The summed E-state index contributed by atoms with van der Waals surface area (Å²) in [7, 11) is 0. The maximum atomic E-state index is 10.9. The zero-order chi connectivity index (χ0) is 10.0. The lowest BCUT2D eigenvalue weighted by Gasteiger charge is -2.11. The smallest absolute Gasteiger partial charge is 0.314 e. The molecular formula is C9H13NO3. The SMILES string of the molecule is Cc1cc(C(C(=O)O)C(C)C)on1. The molecule has 1 atom stereocenters. The molecule has 1 heterocycles. The number of carboxylic acid groups (broad SMARTS) is 1. The van der Waals surface area contributed by atoms with Gasteiger partial charge in [-0.05, 0) is 12.8 Å². The van der Waals surface area contributed by atoms with E-state index in [1.54, 1.807) is 13.0 Å². The topological polar surface area (TPSA) is 63.3 Å². The summed E-state index contributed by atoms with van der Waals surface area (Å²) in [4.78, 5) is 10.9. The Kier molecular flexibility index (Phi) is 2.70. The summed E-state index contributed by atoms with van der Waals surface area (Å²) < 4.78 is 4.92. The molecule has 0 fully saturated rings. The molecule has 0 radical (unpaired) electrons. The van der Waals surface area contributed by atoms with Crippen LogP contribution in [0.2, 0.25) is 0 Å². The molecule has 1 N–H and O–H groups in total. The maximum absolute atomic E-state index is 10.9. The van der Waals surface area contributed by atoms with Gasteiger partial charge in [0.25, 0.3) is 0 Å². The first-order chi connectivity index (χ1) is 6.02. The van der Waals surface area contributed by atoms with Crippen molar-refractivity contribution in [2.75, 3.05) is 0 Å². The van der Waals surface area contributed by atoms with Gasteiger partial charge in [0.15, 0.2) is 5.76 Å². The molecule has 1 unspecified atom stereocenters. The van der Waals surface area contributed by atoms with Crippen LogP contribution in [0.4, 0.5) is 0 Å². The fraction of sp³-hybridized carbons (Fsp3) is 0.556.